The largest absolute Gasteiger partial charge is 0.465 e. The number of carbonyl (C=O) groups excluding carboxylic acids is 8. The predicted molar refractivity (Wildman–Crippen MR) is 296 cm³/mol. The van der Waals surface area contributed by atoms with Crippen molar-refractivity contribution in [3.63, 3.8) is 0 Å². The minimum atomic E-state index is -1.24. The van der Waals surface area contributed by atoms with Gasteiger partial charge in [-0.15, -0.1) is 0 Å². The summed E-state index contributed by atoms with van der Waals surface area (Å²) in [7, 11) is 0. The molecule has 0 spiro atoms. The second-order valence-electron chi connectivity index (χ2n) is 16.3. The highest BCUT2D eigenvalue weighted by atomic mass is 32.1. The Morgan fingerprint density at radius 3 is 0.471 bits per heavy atom. The van der Waals surface area contributed by atoms with Gasteiger partial charge in [0.15, 0.2) is 0 Å². The van der Waals surface area contributed by atoms with Crippen LogP contribution in [0.2, 0.25) is 0 Å². The summed E-state index contributed by atoms with van der Waals surface area (Å²) in [6, 6.07) is 0. The van der Waals surface area contributed by atoms with E-state index in [1.54, 1.807) is 0 Å². The Morgan fingerprint density at radius 2 is 0.343 bits per heavy atom. The highest BCUT2D eigenvalue weighted by Crippen LogP contribution is 2.25. The lowest BCUT2D eigenvalue weighted by Gasteiger charge is -2.31. The first-order valence-electron chi connectivity index (χ1n) is 23.8. The summed E-state index contributed by atoms with van der Waals surface area (Å²) in [6.45, 7) is -1.93. The van der Waals surface area contributed by atoms with Gasteiger partial charge in [0.25, 0.3) is 0 Å². The van der Waals surface area contributed by atoms with E-state index in [0.717, 1.165) is 25.7 Å². The monoisotopic (exact) mass is 1140 g/mol. The van der Waals surface area contributed by atoms with Gasteiger partial charge in [0.1, 0.15) is 63.7 Å². The van der Waals surface area contributed by atoms with Crippen LogP contribution >= 0.6 is 101 Å². The molecule has 0 amide bonds. The second kappa shape index (κ2) is 48.5. The summed E-state index contributed by atoms with van der Waals surface area (Å²) in [5.74, 6) is 1.08. The van der Waals surface area contributed by atoms with Gasteiger partial charge in [-0.3, -0.25) is 38.4 Å². The predicted octanol–water partition coefficient (Wildman–Crippen LogP) is 7.53. The zero-order valence-electron chi connectivity index (χ0n) is 40.6. The Labute approximate surface area is 460 Å². The Balaban J connectivity index is 0. The van der Waals surface area contributed by atoms with Crippen LogP contribution in [-0.2, 0) is 76.3 Å². The summed E-state index contributed by atoms with van der Waals surface area (Å²) in [5, 5.41) is 0. The van der Waals surface area contributed by atoms with E-state index in [1.165, 1.54) is 0 Å². The van der Waals surface area contributed by atoms with Crippen molar-refractivity contribution in [2.45, 2.75) is 128 Å². The van der Waals surface area contributed by atoms with E-state index < -0.39 is 58.6 Å². The molecule has 0 atom stereocenters. The molecule has 0 fully saturated rings. The molecular formula is C46H80O16S8. The molecule has 0 radical (unpaired) electrons. The van der Waals surface area contributed by atoms with Crippen LogP contribution < -0.4 is 0 Å². The number of thiol groups is 8. The topological polar surface area (TPSA) is 210 Å². The SMILES string of the molecule is O=C(CCCCS)OCC(COC(=O)CCCCS)(COC(=O)CCCCS)COC(=O)CCCCS.O=C(CCCS)OCC(COC(=O)CCCS)(COC(=O)CCCS)COC(=O)CCCS. The number of rotatable bonds is 44. The quantitative estimate of drug-likeness (QED) is 0.0128. The highest BCUT2D eigenvalue weighted by molar-refractivity contribution is 7.81. The van der Waals surface area contributed by atoms with E-state index >= 15 is 0 Å². The summed E-state index contributed by atoms with van der Waals surface area (Å²) < 4.78 is 43.4. The van der Waals surface area contributed by atoms with E-state index in [-0.39, 0.29) is 104 Å². The number of esters is 8. The fraction of sp³-hybridized carbons (Fsp3) is 0.826. The molecule has 0 heterocycles. The van der Waals surface area contributed by atoms with Gasteiger partial charge in [-0.25, -0.2) is 0 Å². The Morgan fingerprint density at radius 1 is 0.214 bits per heavy atom. The Bertz CT molecular complexity index is 1230. The van der Waals surface area contributed by atoms with Gasteiger partial charge in [0.05, 0.1) is 0 Å². The molecule has 0 aromatic heterocycles. The Kier molecular flexibility index (Phi) is 48.9. The van der Waals surface area contributed by atoms with Gasteiger partial charge in [-0.2, -0.15) is 101 Å². The summed E-state index contributed by atoms with van der Waals surface area (Å²) in [4.78, 5) is 97.6. The average molecular weight is 1150 g/mol. The van der Waals surface area contributed by atoms with E-state index in [1.807, 2.05) is 0 Å². The molecule has 16 nitrogen and oxygen atoms in total. The number of hydrogen-bond donors (Lipinski definition) is 8. The standard InChI is InChI=1S/C25H44O8S4.C21H36O8S4/c26-21(9-1-5-13-34)30-17-25(18-31-22(27)10-2-6-14-35,19-32-23(28)11-3-7-15-36)20-33-24(29)12-4-8-16-37;22-17(5-1-9-30)26-13-21(14-27-18(23)6-2-10-31,15-28-19(24)7-3-11-32)16-29-20(25)8-4-12-33/h34-37H,1-20H2;30-33H,1-16H2. The molecule has 0 aliphatic carbocycles. The fourth-order valence-corrected chi connectivity index (χ4v) is 6.89. The first-order chi connectivity index (χ1) is 33.6. The first-order valence-corrected chi connectivity index (χ1v) is 28.8. The molecule has 0 saturated carbocycles. The lowest BCUT2D eigenvalue weighted by atomic mass is 9.92. The number of ether oxygens (including phenoxy) is 8. The van der Waals surface area contributed by atoms with Crippen molar-refractivity contribution in [1.82, 2.24) is 0 Å². The van der Waals surface area contributed by atoms with Crippen LogP contribution in [0.15, 0.2) is 0 Å². The summed E-state index contributed by atoms with van der Waals surface area (Å²) in [5.41, 5.74) is -2.46. The zero-order chi connectivity index (χ0) is 52.7. The molecule has 0 bridgehead atoms. The van der Waals surface area contributed by atoms with Crippen molar-refractivity contribution in [1.29, 1.82) is 0 Å². The van der Waals surface area contributed by atoms with Crippen LogP contribution in [0, 0.1) is 10.8 Å². The lowest BCUT2D eigenvalue weighted by Crippen LogP contribution is -2.44. The molecular weight excluding hydrogens is 1070 g/mol. The molecule has 0 unspecified atom stereocenters. The minimum absolute atomic E-state index is 0.158. The van der Waals surface area contributed by atoms with Crippen LogP contribution in [0.1, 0.15) is 128 Å². The van der Waals surface area contributed by atoms with Crippen LogP contribution in [-0.4, -0.2) is 147 Å². The maximum atomic E-state index is 12.3. The third-order valence-corrected chi connectivity index (χ3v) is 12.2. The molecule has 24 heteroatoms. The van der Waals surface area contributed by atoms with Gasteiger partial charge in [-0.05, 0) is 123 Å². The Hall–Kier alpha value is -1.44. The molecule has 0 rings (SSSR count). The van der Waals surface area contributed by atoms with Crippen molar-refractivity contribution in [3.8, 4) is 0 Å². The van der Waals surface area contributed by atoms with E-state index in [9.17, 15) is 38.4 Å². The molecule has 408 valence electrons. The average Bonchev–Trinajstić information content (AvgIpc) is 3.35. The van der Waals surface area contributed by atoms with Crippen molar-refractivity contribution in [2.75, 3.05) is 98.9 Å². The van der Waals surface area contributed by atoms with Gasteiger partial charge in [0, 0.05) is 51.4 Å². The second-order valence-corrected chi connectivity index (χ2v) is 19.9. The molecule has 0 saturated heterocycles. The zero-order valence-corrected chi connectivity index (χ0v) is 47.7. The van der Waals surface area contributed by atoms with Gasteiger partial charge < -0.3 is 37.9 Å². The van der Waals surface area contributed by atoms with E-state index in [4.69, 9.17) is 37.9 Å². The molecule has 0 aromatic rings. The van der Waals surface area contributed by atoms with Crippen LogP contribution in [0.5, 0.6) is 0 Å². The van der Waals surface area contributed by atoms with Gasteiger partial charge in [-0.1, -0.05) is 0 Å². The molecule has 70 heavy (non-hydrogen) atoms. The smallest absolute Gasteiger partial charge is 0.305 e. The third kappa shape index (κ3) is 42.0. The fourth-order valence-electron chi connectivity index (χ4n) is 5.36. The summed E-state index contributed by atoms with van der Waals surface area (Å²) in [6.07, 6.45) is 9.11. The van der Waals surface area contributed by atoms with Crippen molar-refractivity contribution >= 4 is 149 Å². The molecule has 0 aliphatic rings. The third-order valence-electron chi connectivity index (χ3n) is 9.63. The number of hydrogen-bond acceptors (Lipinski definition) is 24. The first kappa shape index (κ1) is 70.6. The van der Waals surface area contributed by atoms with Crippen LogP contribution in [0.3, 0.4) is 0 Å². The summed E-state index contributed by atoms with van der Waals surface area (Å²) >= 11 is 32.9. The van der Waals surface area contributed by atoms with Gasteiger partial charge >= 0.3 is 47.8 Å². The van der Waals surface area contributed by atoms with Crippen molar-refractivity contribution < 1.29 is 76.3 Å². The highest BCUT2D eigenvalue weighted by Gasteiger charge is 2.39. The van der Waals surface area contributed by atoms with Crippen LogP contribution in [0.25, 0.3) is 0 Å². The van der Waals surface area contributed by atoms with Crippen molar-refractivity contribution in [2.24, 2.45) is 10.8 Å². The molecule has 0 aromatic carbocycles. The molecule has 0 N–H and O–H groups in total. The minimum Gasteiger partial charge on any atom is -0.465 e. The number of carbonyl (C=O) groups is 8. The maximum Gasteiger partial charge on any atom is 0.305 e. The van der Waals surface area contributed by atoms with Crippen molar-refractivity contribution in [3.05, 3.63) is 0 Å². The maximum absolute atomic E-state index is 12.3. The van der Waals surface area contributed by atoms with Gasteiger partial charge in [0.2, 0.25) is 0 Å². The lowest BCUT2D eigenvalue weighted by molar-refractivity contribution is -0.174. The van der Waals surface area contributed by atoms with Crippen LogP contribution in [0.4, 0.5) is 0 Å². The van der Waals surface area contributed by atoms with E-state index in [2.05, 4.69) is 101 Å². The normalized spacial score (nSPS) is 11.1. The van der Waals surface area contributed by atoms with E-state index in [0.29, 0.717) is 97.4 Å². The molecule has 0 aliphatic heterocycles. The number of unbranched alkanes of at least 4 members (excludes halogenated alkanes) is 4.